The van der Waals surface area contributed by atoms with Gasteiger partial charge in [0.05, 0.1) is 18.5 Å². The van der Waals surface area contributed by atoms with Gasteiger partial charge in [0.1, 0.15) is 12.0 Å². The molecule has 0 bridgehead atoms. The van der Waals surface area contributed by atoms with E-state index >= 15 is 0 Å². The molecular weight excluding hydrogens is 296 g/mol. The monoisotopic (exact) mass is 318 g/mol. The fourth-order valence-electron chi connectivity index (χ4n) is 4.30. The van der Waals surface area contributed by atoms with Crippen LogP contribution < -0.4 is 5.73 Å². The van der Waals surface area contributed by atoms with Crippen molar-refractivity contribution in [2.45, 2.75) is 31.3 Å². The molecule has 0 saturated carbocycles. The standard InChI is InChI=1S/C17H22N2O4/c18-9-15-14(16(20)11-4-2-1-3-5-11)8-13-7-6-12(17(21)22)10-19(13,15)23/h1-5,12-15H,6-10,18H2,(H,21,22). The summed E-state index contributed by atoms with van der Waals surface area (Å²) in [6.07, 6.45) is 1.56. The Morgan fingerprint density at radius 2 is 1.96 bits per heavy atom. The Labute approximate surface area is 135 Å². The van der Waals surface area contributed by atoms with E-state index in [2.05, 4.69) is 0 Å². The Morgan fingerprint density at radius 3 is 2.57 bits per heavy atom. The van der Waals surface area contributed by atoms with Crippen molar-refractivity contribution in [1.82, 2.24) is 0 Å². The van der Waals surface area contributed by atoms with Crippen LogP contribution in [0.2, 0.25) is 0 Å². The average molecular weight is 318 g/mol. The van der Waals surface area contributed by atoms with Crippen molar-refractivity contribution in [3.8, 4) is 0 Å². The number of hydrogen-bond donors (Lipinski definition) is 2. The average Bonchev–Trinajstić information content (AvgIpc) is 2.86. The predicted octanol–water partition coefficient (Wildman–Crippen LogP) is 1.39. The van der Waals surface area contributed by atoms with Gasteiger partial charge < -0.3 is 20.7 Å². The van der Waals surface area contributed by atoms with Crippen molar-refractivity contribution in [2.75, 3.05) is 13.1 Å². The maximum absolute atomic E-state index is 13.3. The lowest BCUT2D eigenvalue weighted by Gasteiger charge is -2.52. The minimum atomic E-state index is -0.926. The van der Waals surface area contributed by atoms with Gasteiger partial charge in [-0.25, -0.2) is 0 Å². The van der Waals surface area contributed by atoms with E-state index in [0.717, 1.165) is 0 Å². The smallest absolute Gasteiger partial charge is 0.312 e. The molecule has 0 amide bonds. The Balaban J connectivity index is 1.87. The summed E-state index contributed by atoms with van der Waals surface area (Å²) >= 11 is 0. The van der Waals surface area contributed by atoms with E-state index in [1.807, 2.05) is 6.07 Å². The van der Waals surface area contributed by atoms with Crippen molar-refractivity contribution < 1.29 is 19.3 Å². The first-order valence-corrected chi connectivity index (χ1v) is 8.08. The number of carboxylic acid groups (broad SMARTS) is 1. The Morgan fingerprint density at radius 1 is 1.26 bits per heavy atom. The summed E-state index contributed by atoms with van der Waals surface area (Å²) in [7, 11) is 0. The highest BCUT2D eigenvalue weighted by Crippen LogP contribution is 2.44. The van der Waals surface area contributed by atoms with Gasteiger partial charge in [-0.3, -0.25) is 9.59 Å². The fourth-order valence-corrected chi connectivity index (χ4v) is 4.30. The summed E-state index contributed by atoms with van der Waals surface area (Å²) in [5.41, 5.74) is 6.43. The molecule has 2 aliphatic heterocycles. The predicted molar refractivity (Wildman–Crippen MR) is 84.4 cm³/mol. The number of benzene rings is 1. The van der Waals surface area contributed by atoms with Crippen molar-refractivity contribution >= 4 is 11.8 Å². The van der Waals surface area contributed by atoms with Crippen molar-refractivity contribution in [3.05, 3.63) is 41.1 Å². The molecule has 0 aromatic heterocycles. The van der Waals surface area contributed by atoms with Crippen LogP contribution in [0.25, 0.3) is 0 Å². The second kappa shape index (κ2) is 6.03. The maximum atomic E-state index is 13.3. The number of aliphatic carboxylic acids is 1. The van der Waals surface area contributed by atoms with Crippen LogP contribution in [0.4, 0.5) is 0 Å². The molecule has 23 heavy (non-hydrogen) atoms. The number of carbonyl (C=O) groups is 2. The van der Waals surface area contributed by atoms with Crippen molar-refractivity contribution in [1.29, 1.82) is 0 Å². The first-order chi connectivity index (χ1) is 11.0. The maximum Gasteiger partial charge on any atom is 0.312 e. The van der Waals surface area contributed by atoms with E-state index in [0.29, 0.717) is 24.8 Å². The highest BCUT2D eigenvalue weighted by atomic mass is 16.6. The lowest BCUT2D eigenvalue weighted by atomic mass is 9.89. The van der Waals surface area contributed by atoms with E-state index < -0.39 is 28.5 Å². The third-order valence-corrected chi connectivity index (χ3v) is 5.51. The molecule has 2 heterocycles. The number of hydrogen-bond acceptors (Lipinski definition) is 4. The molecule has 1 aromatic carbocycles. The Kier molecular flexibility index (Phi) is 4.23. The first kappa shape index (κ1) is 16.1. The molecule has 5 atom stereocenters. The zero-order valence-corrected chi connectivity index (χ0v) is 12.9. The molecule has 5 unspecified atom stereocenters. The number of quaternary nitrogens is 1. The van der Waals surface area contributed by atoms with Crippen molar-refractivity contribution in [2.24, 2.45) is 17.6 Å². The lowest BCUT2D eigenvalue weighted by molar-refractivity contribution is -0.922. The number of hydroxylamine groups is 3. The Bertz CT molecular complexity index is 606. The molecule has 3 rings (SSSR count). The van der Waals surface area contributed by atoms with Crippen LogP contribution >= 0.6 is 0 Å². The number of piperidine rings is 1. The summed E-state index contributed by atoms with van der Waals surface area (Å²) in [6.45, 7) is 0.135. The molecule has 3 N–H and O–H groups in total. The van der Waals surface area contributed by atoms with Gasteiger partial charge in [-0.2, -0.15) is 0 Å². The zero-order valence-electron chi connectivity index (χ0n) is 12.9. The molecule has 2 saturated heterocycles. The minimum Gasteiger partial charge on any atom is -0.632 e. The minimum absolute atomic E-state index is 0.0282. The summed E-state index contributed by atoms with van der Waals surface area (Å²) in [6, 6.07) is 8.19. The van der Waals surface area contributed by atoms with Gasteiger partial charge in [-0.15, -0.1) is 0 Å². The molecule has 6 heteroatoms. The number of nitrogens with zero attached hydrogens (tertiary/aromatic N) is 1. The van der Waals surface area contributed by atoms with Crippen LogP contribution in [0.1, 0.15) is 29.6 Å². The molecule has 0 aliphatic carbocycles. The van der Waals surface area contributed by atoms with Gasteiger partial charge in [0.15, 0.2) is 5.78 Å². The lowest BCUT2D eigenvalue weighted by Crippen LogP contribution is -2.61. The largest absolute Gasteiger partial charge is 0.632 e. The van der Waals surface area contributed by atoms with E-state index in [-0.39, 0.29) is 24.9 Å². The second-order valence-electron chi connectivity index (χ2n) is 6.68. The number of carboxylic acids is 1. The topological polar surface area (TPSA) is 103 Å². The number of Topliss-reactive ketones (excluding diaryl/α,β-unsaturated/α-hetero) is 1. The third kappa shape index (κ3) is 2.67. The van der Waals surface area contributed by atoms with E-state index in [1.54, 1.807) is 24.3 Å². The molecule has 6 nitrogen and oxygen atoms in total. The first-order valence-electron chi connectivity index (χ1n) is 8.08. The van der Waals surface area contributed by atoms with Crippen LogP contribution in [0.5, 0.6) is 0 Å². The normalized spacial score (nSPS) is 36.4. The molecule has 1 aromatic rings. The van der Waals surface area contributed by atoms with Gasteiger partial charge in [0, 0.05) is 24.9 Å². The second-order valence-corrected chi connectivity index (χ2v) is 6.68. The summed E-state index contributed by atoms with van der Waals surface area (Å²) in [5.74, 6) is -2.03. The molecule has 0 radical (unpaired) electrons. The molecule has 0 spiro atoms. The zero-order chi connectivity index (χ0) is 16.6. The van der Waals surface area contributed by atoms with E-state index in [9.17, 15) is 19.9 Å². The number of rotatable bonds is 4. The fraction of sp³-hybridized carbons (Fsp3) is 0.529. The molecule has 2 aliphatic rings. The number of fused-ring (bicyclic) bond motifs is 1. The third-order valence-electron chi connectivity index (χ3n) is 5.51. The number of carbonyl (C=O) groups excluding carboxylic acids is 1. The van der Waals surface area contributed by atoms with Crippen LogP contribution in [-0.2, 0) is 4.79 Å². The molecule has 124 valence electrons. The van der Waals surface area contributed by atoms with Gasteiger partial charge in [0.25, 0.3) is 0 Å². The molecular formula is C17H22N2O4. The van der Waals surface area contributed by atoms with Crippen molar-refractivity contribution in [3.63, 3.8) is 0 Å². The quantitative estimate of drug-likeness (QED) is 0.496. The van der Waals surface area contributed by atoms with Gasteiger partial charge >= 0.3 is 5.97 Å². The summed E-state index contributed by atoms with van der Waals surface area (Å²) in [4.78, 5) is 24.1. The number of ketones is 1. The summed E-state index contributed by atoms with van der Waals surface area (Å²) < 4.78 is -0.614. The van der Waals surface area contributed by atoms with Crippen LogP contribution in [0.15, 0.2) is 30.3 Å². The number of nitrogens with two attached hydrogens (primary N) is 1. The van der Waals surface area contributed by atoms with Crippen LogP contribution in [0, 0.1) is 17.0 Å². The van der Waals surface area contributed by atoms with Gasteiger partial charge in [-0.05, 0) is 6.42 Å². The van der Waals surface area contributed by atoms with Crippen LogP contribution in [-0.4, -0.2) is 46.7 Å². The van der Waals surface area contributed by atoms with Crippen LogP contribution in [0.3, 0.4) is 0 Å². The SMILES string of the molecule is NCC1C(C(=O)c2ccccc2)CC2CCC(C(=O)O)C[N+]21[O-]. The highest BCUT2D eigenvalue weighted by molar-refractivity contribution is 5.98. The van der Waals surface area contributed by atoms with Gasteiger partial charge in [0.2, 0.25) is 0 Å². The molecule has 2 fully saturated rings. The van der Waals surface area contributed by atoms with E-state index in [4.69, 9.17) is 5.73 Å². The van der Waals surface area contributed by atoms with E-state index in [1.165, 1.54) is 0 Å². The van der Waals surface area contributed by atoms with Gasteiger partial charge in [-0.1, -0.05) is 30.3 Å². The Hall–Kier alpha value is -1.76. The summed E-state index contributed by atoms with van der Waals surface area (Å²) in [5, 5.41) is 22.6. The highest BCUT2D eigenvalue weighted by Gasteiger charge is 2.55.